The highest BCUT2D eigenvalue weighted by molar-refractivity contribution is 7.54. The van der Waals surface area contributed by atoms with Gasteiger partial charge in [0.25, 0.3) is 5.69 Å². The van der Waals surface area contributed by atoms with Gasteiger partial charge in [-0.25, -0.2) is 9.76 Å². The van der Waals surface area contributed by atoms with E-state index < -0.39 is 18.7 Å². The first kappa shape index (κ1) is 18.6. The van der Waals surface area contributed by atoms with Crippen LogP contribution in [0, 0.1) is 10.1 Å². The molecule has 1 N–H and O–H groups in total. The molecule has 1 aromatic rings. The van der Waals surface area contributed by atoms with Crippen molar-refractivity contribution in [1.29, 1.82) is 0 Å². The first-order chi connectivity index (χ1) is 11.0. The molecule has 2 atom stereocenters. The molecule has 1 heterocycles. The second kappa shape index (κ2) is 8.42. The molecule has 1 saturated heterocycles. The van der Waals surface area contributed by atoms with Crippen LogP contribution in [-0.2, 0) is 9.09 Å². The van der Waals surface area contributed by atoms with Gasteiger partial charge in [-0.1, -0.05) is 0 Å². The number of hydrogen-bond acceptors (Lipinski definition) is 4. The largest absolute Gasteiger partial charge is 0.344 e. The number of benzene rings is 1. The molecule has 1 aliphatic heterocycles. The van der Waals surface area contributed by atoms with Gasteiger partial charge in [-0.3, -0.25) is 19.2 Å². The van der Waals surface area contributed by atoms with Gasteiger partial charge in [-0.2, -0.15) is 0 Å². The molecular formula is C13H18Cl2N3O4P. The van der Waals surface area contributed by atoms with Crippen LogP contribution >= 0.6 is 30.9 Å². The number of nitrogens with zero attached hydrogens (tertiary/aromatic N) is 2. The van der Waals surface area contributed by atoms with E-state index in [-0.39, 0.29) is 5.69 Å². The quantitative estimate of drug-likeness (QED) is 0.336. The average Bonchev–Trinajstić information content (AvgIpc) is 2.55. The highest BCUT2D eigenvalue weighted by Gasteiger charge is 2.37. The minimum atomic E-state index is -3.23. The Morgan fingerprint density at radius 2 is 1.91 bits per heavy atom. The summed E-state index contributed by atoms with van der Waals surface area (Å²) >= 11 is 11.5. The van der Waals surface area contributed by atoms with Gasteiger partial charge in [0, 0.05) is 43.5 Å². The fraction of sp³-hybridized carbons (Fsp3) is 0.538. The summed E-state index contributed by atoms with van der Waals surface area (Å²) < 4.78 is 20.5. The monoisotopic (exact) mass is 381 g/mol. The van der Waals surface area contributed by atoms with Crippen LogP contribution in [0.15, 0.2) is 24.3 Å². The maximum atomic E-state index is 13.0. The second-order valence-electron chi connectivity index (χ2n) is 4.99. The lowest BCUT2D eigenvalue weighted by molar-refractivity contribution is -0.384. The molecule has 1 aromatic carbocycles. The van der Waals surface area contributed by atoms with Crippen molar-refractivity contribution in [2.75, 3.05) is 31.4 Å². The normalized spacial score (nSPS) is 24.7. The lowest BCUT2D eigenvalue weighted by Gasteiger charge is -2.37. The minimum Gasteiger partial charge on any atom is -0.298 e. The van der Waals surface area contributed by atoms with Crippen molar-refractivity contribution in [3.63, 3.8) is 0 Å². The molecule has 10 heteroatoms. The van der Waals surface area contributed by atoms with E-state index in [4.69, 9.17) is 27.7 Å². The van der Waals surface area contributed by atoms with Crippen molar-refractivity contribution in [2.45, 2.75) is 12.5 Å². The summed E-state index contributed by atoms with van der Waals surface area (Å²) in [6.07, 6.45) is 0.230. The van der Waals surface area contributed by atoms with Gasteiger partial charge in [0.15, 0.2) is 0 Å². The van der Waals surface area contributed by atoms with Crippen molar-refractivity contribution in [2.24, 2.45) is 0 Å². The van der Waals surface area contributed by atoms with Crippen LogP contribution in [0.2, 0.25) is 0 Å². The Morgan fingerprint density at radius 3 is 2.43 bits per heavy atom. The molecule has 0 unspecified atom stereocenters. The summed E-state index contributed by atoms with van der Waals surface area (Å²) in [5.74, 6) is 0.627. The van der Waals surface area contributed by atoms with Crippen molar-refractivity contribution in [3.05, 3.63) is 39.9 Å². The number of alkyl halides is 2. The van der Waals surface area contributed by atoms with Gasteiger partial charge in [-0.15, -0.1) is 23.2 Å². The molecule has 128 valence electrons. The van der Waals surface area contributed by atoms with Gasteiger partial charge in [0.1, 0.15) is 0 Å². The summed E-state index contributed by atoms with van der Waals surface area (Å²) in [6, 6.07) is 6.10. The van der Waals surface area contributed by atoms with E-state index in [1.54, 1.807) is 16.8 Å². The first-order valence-corrected chi connectivity index (χ1v) is 9.80. The molecule has 2 rings (SSSR count). The Balaban J connectivity index is 2.15. The van der Waals surface area contributed by atoms with E-state index in [1.807, 2.05) is 0 Å². The second-order valence-corrected chi connectivity index (χ2v) is 7.88. The molecule has 0 bridgehead atoms. The topological polar surface area (TPSA) is 84.7 Å². The predicted octanol–water partition coefficient (Wildman–Crippen LogP) is 3.53. The zero-order chi connectivity index (χ0) is 16.9. The van der Waals surface area contributed by atoms with Crippen LogP contribution in [0.1, 0.15) is 18.1 Å². The number of halogens is 2. The summed E-state index contributed by atoms with van der Waals surface area (Å²) in [4.78, 5) is 10.3. The molecule has 1 fully saturated rings. The number of hydrogen-bond donors (Lipinski definition) is 1. The van der Waals surface area contributed by atoms with E-state index in [2.05, 4.69) is 5.09 Å². The summed E-state index contributed by atoms with van der Waals surface area (Å²) in [5.41, 5.74) is 0.769. The fourth-order valence-electron chi connectivity index (χ4n) is 2.37. The Labute approximate surface area is 144 Å². The molecular weight excluding hydrogens is 364 g/mol. The third kappa shape index (κ3) is 4.66. The molecule has 0 spiro atoms. The molecule has 0 radical (unpaired) electrons. The zero-order valence-corrected chi connectivity index (χ0v) is 14.8. The lowest BCUT2D eigenvalue weighted by atomic mass is 10.1. The minimum absolute atomic E-state index is 0.0109. The average molecular weight is 382 g/mol. The summed E-state index contributed by atoms with van der Waals surface area (Å²) in [6.45, 7) is 1.30. The van der Waals surface area contributed by atoms with Gasteiger partial charge in [-0.05, 0) is 24.1 Å². The van der Waals surface area contributed by atoms with Gasteiger partial charge < -0.3 is 0 Å². The number of nitro groups is 1. The van der Waals surface area contributed by atoms with E-state index in [0.29, 0.717) is 37.8 Å². The number of rotatable bonds is 7. The van der Waals surface area contributed by atoms with Gasteiger partial charge in [0.2, 0.25) is 0 Å². The number of nitro benzene ring substituents is 1. The molecule has 23 heavy (non-hydrogen) atoms. The molecule has 1 aliphatic rings. The molecule has 7 nitrogen and oxygen atoms in total. The third-order valence-corrected chi connectivity index (χ3v) is 6.17. The molecule has 0 amide bonds. The Hall–Kier alpha value is -0.690. The van der Waals surface area contributed by atoms with E-state index in [1.165, 1.54) is 12.1 Å². The summed E-state index contributed by atoms with van der Waals surface area (Å²) in [7, 11) is -3.23. The third-order valence-electron chi connectivity index (χ3n) is 3.52. The standard InChI is InChI=1S/C13H18Cl2N3O4P/c14-6-9-17(10-7-15)23(21)16-8-5-13(22-23)11-1-3-12(4-2-11)18(19)20/h1-4,13H,5-10H2,(H,16,21)/t13-,23-/m0/s1. The lowest BCUT2D eigenvalue weighted by Crippen LogP contribution is -2.36. The van der Waals surface area contributed by atoms with Crippen LogP contribution in [0.3, 0.4) is 0 Å². The highest BCUT2D eigenvalue weighted by atomic mass is 35.5. The van der Waals surface area contributed by atoms with Gasteiger partial charge in [0.05, 0.1) is 11.0 Å². The Kier molecular flexibility index (Phi) is 6.83. The SMILES string of the molecule is O=[N+]([O-])c1ccc([C@@H]2CCN[P@@](=O)(N(CCCl)CCCl)O2)cc1. The van der Waals surface area contributed by atoms with Crippen molar-refractivity contribution in [3.8, 4) is 0 Å². The Bertz CT molecular complexity index is 581. The van der Waals surface area contributed by atoms with Crippen LogP contribution in [0.4, 0.5) is 5.69 Å². The van der Waals surface area contributed by atoms with E-state index in [9.17, 15) is 14.7 Å². The van der Waals surface area contributed by atoms with Crippen LogP contribution in [0.5, 0.6) is 0 Å². The van der Waals surface area contributed by atoms with Crippen LogP contribution < -0.4 is 5.09 Å². The van der Waals surface area contributed by atoms with E-state index in [0.717, 1.165) is 5.56 Å². The maximum absolute atomic E-state index is 13.0. The molecule has 0 aliphatic carbocycles. The first-order valence-electron chi connectivity index (χ1n) is 7.15. The number of nitrogens with one attached hydrogen (secondary N) is 1. The van der Waals surface area contributed by atoms with Crippen LogP contribution in [-0.4, -0.2) is 41.0 Å². The zero-order valence-electron chi connectivity index (χ0n) is 12.4. The van der Waals surface area contributed by atoms with Crippen LogP contribution in [0.25, 0.3) is 0 Å². The maximum Gasteiger partial charge on any atom is 0.344 e. The van der Waals surface area contributed by atoms with Crippen molar-refractivity contribution >= 4 is 36.6 Å². The molecule has 0 aromatic heterocycles. The van der Waals surface area contributed by atoms with Crippen molar-refractivity contribution in [1.82, 2.24) is 9.76 Å². The molecule has 0 saturated carbocycles. The smallest absolute Gasteiger partial charge is 0.298 e. The van der Waals surface area contributed by atoms with E-state index >= 15 is 0 Å². The number of non-ortho nitro benzene ring substituents is 1. The Morgan fingerprint density at radius 1 is 1.30 bits per heavy atom. The van der Waals surface area contributed by atoms with Crippen molar-refractivity contribution < 1.29 is 14.0 Å². The van der Waals surface area contributed by atoms with Gasteiger partial charge >= 0.3 is 7.67 Å². The fourth-order valence-corrected chi connectivity index (χ4v) is 5.14. The predicted molar refractivity (Wildman–Crippen MR) is 90.2 cm³/mol. The highest BCUT2D eigenvalue weighted by Crippen LogP contribution is 2.53. The summed E-state index contributed by atoms with van der Waals surface area (Å²) in [5, 5.41) is 13.6.